The Labute approximate surface area is 100 Å². The van der Waals surface area contributed by atoms with Crippen LogP contribution >= 0.6 is 0 Å². The van der Waals surface area contributed by atoms with Crippen molar-refractivity contribution in [3.05, 3.63) is 0 Å². The number of carbonyl (C=O) groups is 2. The number of Topliss-reactive ketones (excluding diaryl/α,β-unsaturated/α-hetero) is 2. The lowest BCUT2D eigenvalue weighted by Gasteiger charge is -2.46. The number of hydrogen-bond acceptors (Lipinski definition) is 5. The molecular formula is C12H18O5. The van der Waals surface area contributed by atoms with Gasteiger partial charge in [-0.1, -0.05) is 13.3 Å². The van der Waals surface area contributed by atoms with Gasteiger partial charge in [0.2, 0.25) is 5.60 Å². The Hall–Kier alpha value is -0.780. The number of ketones is 2. The van der Waals surface area contributed by atoms with Crippen LogP contribution in [0.3, 0.4) is 0 Å². The quantitative estimate of drug-likeness (QED) is 0.711. The number of fused-ring (bicyclic) bond motifs is 1. The summed E-state index contributed by atoms with van der Waals surface area (Å²) >= 11 is 0. The minimum absolute atomic E-state index is 0.0274. The van der Waals surface area contributed by atoms with Crippen LogP contribution in [0.5, 0.6) is 0 Å². The highest BCUT2D eigenvalue weighted by molar-refractivity contribution is 6.11. The van der Waals surface area contributed by atoms with Gasteiger partial charge in [-0.3, -0.25) is 9.59 Å². The molecule has 0 aromatic rings. The molecule has 17 heavy (non-hydrogen) atoms. The number of carbonyl (C=O) groups excluding carboxylic acids is 2. The molecule has 0 amide bonds. The molecule has 1 saturated heterocycles. The molecule has 5 nitrogen and oxygen atoms in total. The van der Waals surface area contributed by atoms with Gasteiger partial charge in [0, 0.05) is 13.5 Å². The first-order chi connectivity index (χ1) is 8.03. The molecule has 0 spiro atoms. The van der Waals surface area contributed by atoms with Gasteiger partial charge in [-0.15, -0.1) is 0 Å². The maximum Gasteiger partial charge on any atom is 0.208 e. The van der Waals surface area contributed by atoms with Gasteiger partial charge < -0.3 is 14.6 Å². The molecule has 96 valence electrons. The Bertz CT molecular complexity index is 340. The van der Waals surface area contributed by atoms with E-state index in [-0.39, 0.29) is 18.8 Å². The number of ether oxygens (including phenoxy) is 2. The molecule has 0 aromatic heterocycles. The Kier molecular flexibility index (Phi) is 3.34. The summed E-state index contributed by atoms with van der Waals surface area (Å²) in [6, 6.07) is 0. The summed E-state index contributed by atoms with van der Waals surface area (Å²) in [5.41, 5.74) is -1.94. The molecule has 0 aromatic carbocycles. The maximum atomic E-state index is 12.0. The van der Waals surface area contributed by atoms with E-state index in [4.69, 9.17) is 9.47 Å². The van der Waals surface area contributed by atoms with Crippen molar-refractivity contribution in [2.45, 2.75) is 50.6 Å². The van der Waals surface area contributed by atoms with Crippen molar-refractivity contribution in [1.29, 1.82) is 0 Å². The molecule has 1 unspecified atom stereocenters. The predicted molar refractivity (Wildman–Crippen MR) is 58.3 cm³/mol. The van der Waals surface area contributed by atoms with Crippen LogP contribution in [0.1, 0.15) is 32.6 Å². The van der Waals surface area contributed by atoms with E-state index >= 15 is 0 Å². The summed E-state index contributed by atoms with van der Waals surface area (Å²) in [6.07, 6.45) is 0.215. The van der Waals surface area contributed by atoms with Crippen LogP contribution in [0.15, 0.2) is 0 Å². The van der Waals surface area contributed by atoms with E-state index in [0.29, 0.717) is 6.42 Å². The molecule has 1 saturated carbocycles. The standard InChI is InChI=1S/C12H18O5/c1-3-7-4-5-8(13)12(15)9(14)6-10(16-2)17-11(7)12/h7,10-11,15H,3-6H2,1-2H3/t7-,10?,11-,12+/m1/s1. The summed E-state index contributed by atoms with van der Waals surface area (Å²) in [4.78, 5) is 23.8. The van der Waals surface area contributed by atoms with Gasteiger partial charge in [-0.25, -0.2) is 0 Å². The van der Waals surface area contributed by atoms with Crippen molar-refractivity contribution in [1.82, 2.24) is 0 Å². The third kappa shape index (κ3) is 1.82. The van der Waals surface area contributed by atoms with Crippen molar-refractivity contribution in [3.63, 3.8) is 0 Å². The highest BCUT2D eigenvalue weighted by atomic mass is 16.7. The molecule has 0 radical (unpaired) electrons. The largest absolute Gasteiger partial charge is 0.373 e. The monoisotopic (exact) mass is 242 g/mol. The predicted octanol–water partition coefficient (Wildman–Crippen LogP) is 0.437. The van der Waals surface area contributed by atoms with Crippen LogP contribution in [-0.2, 0) is 19.1 Å². The van der Waals surface area contributed by atoms with Gasteiger partial charge in [0.25, 0.3) is 0 Å². The molecule has 2 aliphatic rings. The van der Waals surface area contributed by atoms with Crippen molar-refractivity contribution in [2.75, 3.05) is 7.11 Å². The van der Waals surface area contributed by atoms with Gasteiger partial charge in [0.1, 0.15) is 6.10 Å². The first-order valence-corrected chi connectivity index (χ1v) is 6.01. The second-order valence-electron chi connectivity index (χ2n) is 4.75. The zero-order valence-electron chi connectivity index (χ0n) is 10.1. The van der Waals surface area contributed by atoms with Gasteiger partial charge in [-0.05, 0) is 12.3 Å². The van der Waals surface area contributed by atoms with Crippen molar-refractivity contribution in [2.24, 2.45) is 5.92 Å². The number of hydrogen-bond donors (Lipinski definition) is 1. The van der Waals surface area contributed by atoms with Crippen LogP contribution in [0.4, 0.5) is 0 Å². The summed E-state index contributed by atoms with van der Waals surface area (Å²) in [5.74, 6) is -0.852. The van der Waals surface area contributed by atoms with Gasteiger partial charge >= 0.3 is 0 Å². The van der Waals surface area contributed by atoms with Crippen molar-refractivity contribution < 1.29 is 24.2 Å². The van der Waals surface area contributed by atoms with Crippen LogP contribution in [0.2, 0.25) is 0 Å². The van der Waals surface area contributed by atoms with E-state index in [2.05, 4.69) is 0 Å². The third-order valence-electron chi connectivity index (χ3n) is 3.87. The molecule has 2 fully saturated rings. The Morgan fingerprint density at radius 2 is 2.18 bits per heavy atom. The SMILES string of the molecule is CC[C@@H]1CCC(=O)[C@]2(O)C(=O)CC(OC)O[C@H]12. The number of rotatable bonds is 2. The van der Waals surface area contributed by atoms with Crippen LogP contribution < -0.4 is 0 Å². The molecule has 4 atom stereocenters. The van der Waals surface area contributed by atoms with Gasteiger partial charge in [0.05, 0.1) is 6.42 Å². The zero-order chi connectivity index (χ0) is 12.6. The summed E-state index contributed by atoms with van der Waals surface area (Å²) in [6.45, 7) is 1.96. The maximum absolute atomic E-state index is 12.0. The summed E-state index contributed by atoms with van der Waals surface area (Å²) < 4.78 is 10.6. The fraction of sp³-hybridized carbons (Fsp3) is 0.833. The Balaban J connectivity index is 2.32. The van der Waals surface area contributed by atoms with E-state index in [9.17, 15) is 14.7 Å². The number of aliphatic hydroxyl groups is 1. The van der Waals surface area contributed by atoms with E-state index in [1.54, 1.807) is 0 Å². The first-order valence-electron chi connectivity index (χ1n) is 6.01. The summed E-state index contributed by atoms with van der Waals surface area (Å²) in [5, 5.41) is 10.4. The second-order valence-corrected chi connectivity index (χ2v) is 4.75. The lowest BCUT2D eigenvalue weighted by Crippen LogP contribution is -2.66. The lowest BCUT2D eigenvalue weighted by atomic mass is 9.69. The minimum atomic E-state index is -1.94. The topological polar surface area (TPSA) is 72.8 Å². The van der Waals surface area contributed by atoms with Crippen molar-refractivity contribution >= 4 is 11.6 Å². The Morgan fingerprint density at radius 3 is 2.76 bits per heavy atom. The smallest absolute Gasteiger partial charge is 0.208 e. The molecule has 2 rings (SSSR count). The molecule has 1 N–H and O–H groups in total. The lowest BCUT2D eigenvalue weighted by molar-refractivity contribution is -0.246. The second kappa shape index (κ2) is 4.48. The van der Waals surface area contributed by atoms with Gasteiger partial charge in [0.15, 0.2) is 17.9 Å². The van der Waals surface area contributed by atoms with E-state index < -0.39 is 29.6 Å². The first kappa shape index (κ1) is 12.7. The molecule has 1 aliphatic heterocycles. The zero-order valence-corrected chi connectivity index (χ0v) is 10.1. The van der Waals surface area contributed by atoms with E-state index in [1.807, 2.05) is 6.92 Å². The average molecular weight is 242 g/mol. The fourth-order valence-electron chi connectivity index (χ4n) is 2.76. The van der Waals surface area contributed by atoms with Crippen LogP contribution in [0.25, 0.3) is 0 Å². The number of methoxy groups -OCH3 is 1. The molecular weight excluding hydrogens is 224 g/mol. The van der Waals surface area contributed by atoms with E-state index in [1.165, 1.54) is 7.11 Å². The highest BCUT2D eigenvalue weighted by Gasteiger charge is 2.59. The third-order valence-corrected chi connectivity index (χ3v) is 3.87. The van der Waals surface area contributed by atoms with Gasteiger partial charge in [-0.2, -0.15) is 0 Å². The molecule has 5 heteroatoms. The molecule has 1 aliphatic carbocycles. The normalized spacial score (nSPS) is 42.4. The Morgan fingerprint density at radius 1 is 1.47 bits per heavy atom. The minimum Gasteiger partial charge on any atom is -0.373 e. The highest BCUT2D eigenvalue weighted by Crippen LogP contribution is 2.39. The van der Waals surface area contributed by atoms with Crippen LogP contribution in [-0.4, -0.2) is 41.8 Å². The average Bonchev–Trinajstić information content (AvgIpc) is 2.33. The van der Waals surface area contributed by atoms with Crippen molar-refractivity contribution in [3.8, 4) is 0 Å². The van der Waals surface area contributed by atoms with E-state index in [0.717, 1.165) is 6.42 Å². The molecule has 1 heterocycles. The molecule has 0 bridgehead atoms. The van der Waals surface area contributed by atoms with Crippen LogP contribution in [0, 0.1) is 5.92 Å². The fourth-order valence-corrected chi connectivity index (χ4v) is 2.76. The summed E-state index contributed by atoms with van der Waals surface area (Å²) in [7, 11) is 1.45.